The maximum absolute atomic E-state index is 15.3. The highest BCUT2D eigenvalue weighted by Gasteiger charge is 2.35. The summed E-state index contributed by atoms with van der Waals surface area (Å²) < 4.78 is 61.8. The third-order valence-electron chi connectivity index (χ3n) is 6.82. The van der Waals surface area contributed by atoms with Crippen LogP contribution in [-0.4, -0.2) is 41.0 Å². The summed E-state index contributed by atoms with van der Waals surface area (Å²) in [5.41, 5.74) is 2.62. The third kappa shape index (κ3) is 5.85. The van der Waals surface area contributed by atoms with Crippen LogP contribution >= 0.6 is 0 Å². The standard InChI is InChI=1S/C30H24F4N2O4/c31-21-5-1-18(2-6-21)25-15-19(3-9-24(25)27-10-7-22(40-27)17-35-29(38)39)23-8-4-20(16-26(23)32)28(37)36-13-11-30(33,34)12-14-36/h1-10,15-16,35H,11-14,17H2,(H,38,39). The van der Waals surface area contributed by atoms with Crippen molar-refractivity contribution >= 4 is 12.0 Å². The molecule has 0 aliphatic carbocycles. The van der Waals surface area contributed by atoms with E-state index in [0.29, 0.717) is 33.8 Å². The number of likely N-dealkylation sites (tertiary alicyclic amines) is 1. The van der Waals surface area contributed by atoms with Gasteiger partial charge in [-0.05, 0) is 65.2 Å². The Labute approximate surface area is 226 Å². The van der Waals surface area contributed by atoms with Gasteiger partial charge in [0, 0.05) is 42.6 Å². The first kappa shape index (κ1) is 27.0. The zero-order valence-corrected chi connectivity index (χ0v) is 21.1. The molecule has 0 atom stereocenters. The van der Waals surface area contributed by atoms with Crippen LogP contribution in [0.1, 0.15) is 29.0 Å². The molecule has 0 spiro atoms. The number of carbonyl (C=O) groups is 2. The molecular weight excluding hydrogens is 528 g/mol. The molecule has 3 aromatic carbocycles. The highest BCUT2D eigenvalue weighted by molar-refractivity contribution is 5.95. The van der Waals surface area contributed by atoms with Crippen LogP contribution in [-0.2, 0) is 6.54 Å². The Balaban J connectivity index is 1.47. The molecule has 0 saturated carbocycles. The van der Waals surface area contributed by atoms with Gasteiger partial charge >= 0.3 is 6.09 Å². The molecule has 1 fully saturated rings. The van der Waals surface area contributed by atoms with Gasteiger partial charge in [0.25, 0.3) is 11.8 Å². The van der Waals surface area contributed by atoms with Crippen molar-refractivity contribution in [1.29, 1.82) is 0 Å². The smallest absolute Gasteiger partial charge is 0.405 e. The first-order chi connectivity index (χ1) is 19.1. The molecule has 0 unspecified atom stereocenters. The zero-order valence-electron chi connectivity index (χ0n) is 21.1. The first-order valence-electron chi connectivity index (χ1n) is 12.5. The lowest BCUT2D eigenvalue weighted by molar-refractivity contribution is -0.0494. The quantitative estimate of drug-likeness (QED) is 0.248. The van der Waals surface area contributed by atoms with Crippen molar-refractivity contribution in [3.8, 4) is 33.6 Å². The largest absolute Gasteiger partial charge is 0.465 e. The number of amides is 2. The molecule has 4 aromatic rings. The Hall–Kier alpha value is -4.60. The summed E-state index contributed by atoms with van der Waals surface area (Å²) in [6.07, 6.45) is -2.04. The average molecular weight is 553 g/mol. The molecule has 206 valence electrons. The molecule has 0 radical (unpaired) electrons. The average Bonchev–Trinajstić information content (AvgIpc) is 3.40. The van der Waals surface area contributed by atoms with Crippen molar-refractivity contribution in [3.05, 3.63) is 95.8 Å². The summed E-state index contributed by atoms with van der Waals surface area (Å²) in [7, 11) is 0. The van der Waals surface area contributed by atoms with Gasteiger partial charge in [-0.3, -0.25) is 4.79 Å². The number of carbonyl (C=O) groups excluding carboxylic acids is 1. The van der Waals surface area contributed by atoms with Crippen LogP contribution in [0, 0.1) is 11.6 Å². The monoisotopic (exact) mass is 552 g/mol. The molecule has 1 saturated heterocycles. The summed E-state index contributed by atoms with van der Waals surface area (Å²) >= 11 is 0. The molecule has 2 heterocycles. The fraction of sp³-hybridized carbons (Fsp3) is 0.200. The summed E-state index contributed by atoms with van der Waals surface area (Å²) in [4.78, 5) is 24.9. The Morgan fingerprint density at radius 2 is 1.52 bits per heavy atom. The lowest BCUT2D eigenvalue weighted by atomic mass is 9.93. The predicted octanol–water partition coefficient (Wildman–Crippen LogP) is 7.20. The second kappa shape index (κ2) is 10.9. The fourth-order valence-electron chi connectivity index (χ4n) is 4.68. The number of rotatable bonds is 6. The van der Waals surface area contributed by atoms with E-state index in [0.717, 1.165) is 6.07 Å². The number of piperidine rings is 1. The van der Waals surface area contributed by atoms with Gasteiger partial charge in [-0.1, -0.05) is 24.3 Å². The highest BCUT2D eigenvalue weighted by Crippen LogP contribution is 2.37. The number of alkyl halides is 2. The van der Waals surface area contributed by atoms with Crippen molar-refractivity contribution < 1.29 is 36.7 Å². The van der Waals surface area contributed by atoms with Crippen molar-refractivity contribution in [2.45, 2.75) is 25.3 Å². The molecule has 0 bridgehead atoms. The van der Waals surface area contributed by atoms with Gasteiger partial charge < -0.3 is 19.7 Å². The van der Waals surface area contributed by atoms with Crippen LogP contribution < -0.4 is 5.32 Å². The number of hydrogen-bond acceptors (Lipinski definition) is 3. The summed E-state index contributed by atoms with van der Waals surface area (Å²) in [6.45, 7) is -0.230. The minimum atomic E-state index is -2.80. The minimum absolute atomic E-state index is 0.0323. The van der Waals surface area contributed by atoms with E-state index in [4.69, 9.17) is 9.52 Å². The van der Waals surface area contributed by atoms with Crippen molar-refractivity contribution in [1.82, 2.24) is 10.2 Å². The molecule has 1 aromatic heterocycles. The molecule has 40 heavy (non-hydrogen) atoms. The lowest BCUT2D eigenvalue weighted by Gasteiger charge is -2.31. The van der Waals surface area contributed by atoms with E-state index >= 15 is 4.39 Å². The number of carboxylic acid groups (broad SMARTS) is 1. The van der Waals surface area contributed by atoms with E-state index in [1.165, 1.54) is 29.2 Å². The topological polar surface area (TPSA) is 82.8 Å². The number of nitrogens with one attached hydrogen (secondary N) is 1. The van der Waals surface area contributed by atoms with E-state index in [1.54, 1.807) is 42.5 Å². The van der Waals surface area contributed by atoms with Gasteiger partial charge in [0.15, 0.2) is 0 Å². The van der Waals surface area contributed by atoms with E-state index in [9.17, 15) is 22.8 Å². The SMILES string of the molecule is O=C(O)NCc1ccc(-c2ccc(-c3ccc(C(=O)N4CCC(F)(F)CC4)cc3F)cc2-c2ccc(F)cc2)o1. The van der Waals surface area contributed by atoms with Crippen LogP contribution in [0.25, 0.3) is 33.6 Å². The zero-order chi connectivity index (χ0) is 28.4. The number of furan rings is 1. The van der Waals surface area contributed by atoms with Crippen LogP contribution in [0.3, 0.4) is 0 Å². The van der Waals surface area contributed by atoms with Crippen LogP contribution in [0.4, 0.5) is 22.4 Å². The second-order valence-corrected chi connectivity index (χ2v) is 9.53. The van der Waals surface area contributed by atoms with E-state index in [1.807, 2.05) is 0 Å². The fourth-order valence-corrected chi connectivity index (χ4v) is 4.68. The lowest BCUT2D eigenvalue weighted by Crippen LogP contribution is -2.42. The number of halogens is 4. The Kier molecular flexibility index (Phi) is 7.34. The van der Waals surface area contributed by atoms with Gasteiger partial charge in [-0.25, -0.2) is 22.4 Å². The molecule has 2 N–H and O–H groups in total. The number of nitrogens with zero attached hydrogens (tertiary/aromatic N) is 1. The second-order valence-electron chi connectivity index (χ2n) is 9.53. The van der Waals surface area contributed by atoms with Crippen LogP contribution in [0.5, 0.6) is 0 Å². The number of hydrogen-bond donors (Lipinski definition) is 2. The number of benzene rings is 3. The van der Waals surface area contributed by atoms with Crippen LogP contribution in [0.2, 0.25) is 0 Å². The molecule has 10 heteroatoms. The normalized spacial score (nSPS) is 14.7. The van der Waals surface area contributed by atoms with Crippen molar-refractivity contribution in [2.24, 2.45) is 0 Å². The van der Waals surface area contributed by atoms with E-state index < -0.39 is 42.4 Å². The highest BCUT2D eigenvalue weighted by atomic mass is 19.3. The van der Waals surface area contributed by atoms with E-state index in [-0.39, 0.29) is 30.8 Å². The molecule has 5 rings (SSSR count). The molecule has 1 aliphatic heterocycles. The molecule has 2 amide bonds. The third-order valence-corrected chi connectivity index (χ3v) is 6.82. The van der Waals surface area contributed by atoms with Crippen molar-refractivity contribution in [3.63, 3.8) is 0 Å². The Morgan fingerprint density at radius 1 is 0.850 bits per heavy atom. The maximum atomic E-state index is 15.3. The first-order valence-corrected chi connectivity index (χ1v) is 12.5. The van der Waals surface area contributed by atoms with Gasteiger partial charge in [0.05, 0.1) is 6.54 Å². The van der Waals surface area contributed by atoms with Gasteiger partial charge in [0.1, 0.15) is 23.2 Å². The van der Waals surface area contributed by atoms with E-state index in [2.05, 4.69) is 5.32 Å². The maximum Gasteiger partial charge on any atom is 0.405 e. The van der Waals surface area contributed by atoms with Gasteiger partial charge in [-0.2, -0.15) is 0 Å². The van der Waals surface area contributed by atoms with Gasteiger partial charge in [-0.15, -0.1) is 0 Å². The summed E-state index contributed by atoms with van der Waals surface area (Å²) in [5.74, 6) is -3.57. The molecule has 1 aliphatic rings. The summed E-state index contributed by atoms with van der Waals surface area (Å²) in [5, 5.41) is 11.1. The van der Waals surface area contributed by atoms with Crippen molar-refractivity contribution in [2.75, 3.05) is 13.1 Å². The Morgan fingerprint density at radius 3 is 2.20 bits per heavy atom. The molecule has 6 nitrogen and oxygen atoms in total. The minimum Gasteiger partial charge on any atom is -0.465 e. The predicted molar refractivity (Wildman–Crippen MR) is 140 cm³/mol. The van der Waals surface area contributed by atoms with Gasteiger partial charge in [0.2, 0.25) is 0 Å². The molecular formula is C30H24F4N2O4. The summed E-state index contributed by atoms with van der Waals surface area (Å²) in [6, 6.07) is 18.2. The Bertz CT molecular complexity index is 1560. The van der Waals surface area contributed by atoms with Crippen LogP contribution in [0.15, 0.2) is 77.2 Å².